The van der Waals surface area contributed by atoms with Gasteiger partial charge in [-0.15, -0.1) is 0 Å². The van der Waals surface area contributed by atoms with E-state index in [9.17, 15) is 9.59 Å². The fraction of sp³-hybridized carbons (Fsp3) is 0.263. The molecule has 0 atom stereocenters. The van der Waals surface area contributed by atoms with Gasteiger partial charge in [0, 0.05) is 12.2 Å². The molecule has 2 rings (SSSR count). The molecule has 2 aromatic rings. The SMILES string of the molecule is COc1ccc(N(CC(=O)O)CC(=O)NCCc2ccccc2)cc1. The van der Waals surface area contributed by atoms with Gasteiger partial charge in [0.25, 0.3) is 0 Å². The third-order valence-electron chi connectivity index (χ3n) is 3.68. The lowest BCUT2D eigenvalue weighted by molar-refractivity contribution is -0.135. The van der Waals surface area contributed by atoms with E-state index in [1.807, 2.05) is 30.3 Å². The van der Waals surface area contributed by atoms with Crippen molar-refractivity contribution in [2.75, 3.05) is 31.6 Å². The summed E-state index contributed by atoms with van der Waals surface area (Å²) in [6.07, 6.45) is 0.730. The summed E-state index contributed by atoms with van der Waals surface area (Å²) < 4.78 is 5.09. The Hall–Kier alpha value is -3.02. The Kier molecular flexibility index (Phi) is 6.83. The van der Waals surface area contributed by atoms with Crippen molar-refractivity contribution in [3.8, 4) is 5.75 Å². The number of rotatable bonds is 9. The number of amides is 1. The molecule has 0 saturated carbocycles. The maximum atomic E-state index is 12.2. The number of hydrogen-bond acceptors (Lipinski definition) is 4. The molecule has 0 bridgehead atoms. The van der Waals surface area contributed by atoms with Crippen molar-refractivity contribution in [1.29, 1.82) is 0 Å². The lowest BCUT2D eigenvalue weighted by Crippen LogP contribution is -2.40. The third-order valence-corrected chi connectivity index (χ3v) is 3.68. The average molecular weight is 342 g/mol. The predicted octanol–water partition coefficient (Wildman–Crippen LogP) is 1.95. The van der Waals surface area contributed by atoms with E-state index in [0.717, 1.165) is 12.0 Å². The highest BCUT2D eigenvalue weighted by Crippen LogP contribution is 2.18. The Morgan fingerprint density at radius 3 is 2.32 bits per heavy atom. The topological polar surface area (TPSA) is 78.9 Å². The van der Waals surface area contributed by atoms with E-state index < -0.39 is 5.97 Å². The van der Waals surface area contributed by atoms with Crippen LogP contribution in [0.3, 0.4) is 0 Å². The van der Waals surface area contributed by atoms with E-state index in [1.165, 1.54) is 4.90 Å². The minimum Gasteiger partial charge on any atom is -0.497 e. The maximum Gasteiger partial charge on any atom is 0.323 e. The Balaban J connectivity index is 1.91. The van der Waals surface area contributed by atoms with E-state index in [1.54, 1.807) is 31.4 Å². The summed E-state index contributed by atoms with van der Waals surface area (Å²) in [5.74, 6) is -0.535. The molecule has 6 nitrogen and oxygen atoms in total. The number of benzene rings is 2. The summed E-state index contributed by atoms with van der Waals surface area (Å²) in [6.45, 7) is 0.234. The zero-order valence-electron chi connectivity index (χ0n) is 14.1. The second-order valence-electron chi connectivity index (χ2n) is 5.53. The van der Waals surface area contributed by atoms with Gasteiger partial charge in [-0.05, 0) is 36.2 Å². The molecule has 0 fully saturated rings. The molecule has 0 aliphatic heterocycles. The van der Waals surface area contributed by atoms with Crippen LogP contribution in [0.2, 0.25) is 0 Å². The highest BCUT2D eigenvalue weighted by Gasteiger charge is 2.14. The van der Waals surface area contributed by atoms with E-state index in [4.69, 9.17) is 9.84 Å². The highest BCUT2D eigenvalue weighted by atomic mass is 16.5. The zero-order chi connectivity index (χ0) is 18.1. The number of carboxylic acid groups (broad SMARTS) is 1. The minimum absolute atomic E-state index is 0.0204. The number of hydrogen-bond donors (Lipinski definition) is 2. The summed E-state index contributed by atoms with van der Waals surface area (Å²) in [5, 5.41) is 11.9. The summed E-state index contributed by atoms with van der Waals surface area (Å²) in [6, 6.07) is 16.8. The number of carbonyl (C=O) groups excluding carboxylic acids is 1. The summed E-state index contributed by atoms with van der Waals surface area (Å²) in [7, 11) is 1.56. The monoisotopic (exact) mass is 342 g/mol. The standard InChI is InChI=1S/C19H22N2O4/c1-25-17-9-7-16(8-10-17)21(14-19(23)24)13-18(22)20-12-11-15-5-3-2-4-6-15/h2-10H,11-14H2,1H3,(H,20,22)(H,23,24). The Morgan fingerprint density at radius 2 is 1.72 bits per heavy atom. The van der Waals surface area contributed by atoms with Crippen LogP contribution < -0.4 is 15.0 Å². The van der Waals surface area contributed by atoms with Gasteiger partial charge in [0.1, 0.15) is 12.3 Å². The molecule has 0 spiro atoms. The molecule has 132 valence electrons. The van der Waals surface area contributed by atoms with E-state index in [0.29, 0.717) is 18.0 Å². The average Bonchev–Trinajstić information content (AvgIpc) is 2.62. The number of aliphatic carboxylic acids is 1. The molecule has 6 heteroatoms. The number of carboxylic acids is 1. The van der Waals surface area contributed by atoms with Crippen LogP contribution in [-0.4, -0.2) is 43.7 Å². The second-order valence-corrected chi connectivity index (χ2v) is 5.53. The molecule has 0 unspecified atom stereocenters. The third kappa shape index (κ3) is 6.18. The molecular formula is C19H22N2O4. The first-order chi connectivity index (χ1) is 12.1. The maximum absolute atomic E-state index is 12.2. The summed E-state index contributed by atoms with van der Waals surface area (Å²) in [5.41, 5.74) is 1.79. The molecule has 0 aliphatic rings. The van der Waals surface area contributed by atoms with Crippen LogP contribution in [0.5, 0.6) is 5.75 Å². The van der Waals surface area contributed by atoms with Gasteiger partial charge >= 0.3 is 5.97 Å². The van der Waals surface area contributed by atoms with Gasteiger partial charge in [-0.2, -0.15) is 0 Å². The normalized spacial score (nSPS) is 10.1. The van der Waals surface area contributed by atoms with Gasteiger partial charge in [0.05, 0.1) is 13.7 Å². The van der Waals surface area contributed by atoms with Crippen molar-refractivity contribution >= 4 is 17.6 Å². The first-order valence-corrected chi connectivity index (χ1v) is 8.00. The molecule has 2 N–H and O–H groups in total. The molecule has 0 saturated heterocycles. The quantitative estimate of drug-likeness (QED) is 0.728. The van der Waals surface area contributed by atoms with Crippen molar-refractivity contribution in [3.05, 3.63) is 60.2 Å². The number of nitrogens with one attached hydrogen (secondary N) is 1. The van der Waals surface area contributed by atoms with Gasteiger partial charge in [-0.25, -0.2) is 0 Å². The minimum atomic E-state index is -0.993. The molecule has 2 aromatic carbocycles. The second kappa shape index (κ2) is 9.32. The van der Waals surface area contributed by atoms with Gasteiger partial charge in [0.15, 0.2) is 0 Å². The number of anilines is 1. The van der Waals surface area contributed by atoms with E-state index in [-0.39, 0.29) is 19.0 Å². The molecule has 0 radical (unpaired) electrons. The Bertz CT molecular complexity index is 686. The Labute approximate surface area is 147 Å². The zero-order valence-corrected chi connectivity index (χ0v) is 14.1. The van der Waals surface area contributed by atoms with Crippen molar-refractivity contribution < 1.29 is 19.4 Å². The molecule has 25 heavy (non-hydrogen) atoms. The van der Waals surface area contributed by atoms with Crippen molar-refractivity contribution in [3.63, 3.8) is 0 Å². The number of ether oxygens (including phenoxy) is 1. The van der Waals surface area contributed by atoms with Crippen LogP contribution in [0.4, 0.5) is 5.69 Å². The van der Waals surface area contributed by atoms with Gasteiger partial charge in [-0.3, -0.25) is 9.59 Å². The predicted molar refractivity (Wildman–Crippen MR) is 96.0 cm³/mol. The smallest absolute Gasteiger partial charge is 0.323 e. The lowest BCUT2D eigenvalue weighted by atomic mass is 10.1. The van der Waals surface area contributed by atoms with E-state index in [2.05, 4.69) is 5.32 Å². The van der Waals surface area contributed by atoms with Crippen LogP contribution in [0.15, 0.2) is 54.6 Å². The van der Waals surface area contributed by atoms with Crippen LogP contribution in [-0.2, 0) is 16.0 Å². The van der Waals surface area contributed by atoms with Crippen LogP contribution in [0.25, 0.3) is 0 Å². The molecular weight excluding hydrogens is 320 g/mol. The molecule has 1 amide bonds. The van der Waals surface area contributed by atoms with Crippen molar-refractivity contribution in [2.45, 2.75) is 6.42 Å². The van der Waals surface area contributed by atoms with Gasteiger partial charge in [0.2, 0.25) is 5.91 Å². The van der Waals surface area contributed by atoms with Crippen molar-refractivity contribution in [1.82, 2.24) is 5.32 Å². The first kappa shape index (κ1) is 18.3. The van der Waals surface area contributed by atoms with Gasteiger partial charge < -0.3 is 20.1 Å². The fourth-order valence-corrected chi connectivity index (χ4v) is 2.41. The molecule has 0 heterocycles. The number of methoxy groups -OCH3 is 1. The first-order valence-electron chi connectivity index (χ1n) is 8.00. The summed E-state index contributed by atoms with van der Waals surface area (Å²) >= 11 is 0. The van der Waals surface area contributed by atoms with Crippen molar-refractivity contribution in [2.24, 2.45) is 0 Å². The highest BCUT2D eigenvalue weighted by molar-refractivity contribution is 5.84. The van der Waals surface area contributed by atoms with Crippen LogP contribution in [0.1, 0.15) is 5.56 Å². The van der Waals surface area contributed by atoms with Crippen LogP contribution in [0, 0.1) is 0 Å². The molecule has 0 aliphatic carbocycles. The Morgan fingerprint density at radius 1 is 1.04 bits per heavy atom. The fourth-order valence-electron chi connectivity index (χ4n) is 2.41. The summed E-state index contributed by atoms with van der Waals surface area (Å²) in [4.78, 5) is 24.8. The number of carbonyl (C=O) groups is 2. The molecule has 0 aromatic heterocycles. The largest absolute Gasteiger partial charge is 0.497 e. The number of nitrogens with zero attached hydrogens (tertiary/aromatic N) is 1. The van der Waals surface area contributed by atoms with Gasteiger partial charge in [-0.1, -0.05) is 30.3 Å². The lowest BCUT2D eigenvalue weighted by Gasteiger charge is -2.22. The van der Waals surface area contributed by atoms with Crippen LogP contribution >= 0.6 is 0 Å². The van der Waals surface area contributed by atoms with E-state index >= 15 is 0 Å².